The Morgan fingerprint density at radius 2 is 1.75 bits per heavy atom. The van der Waals surface area contributed by atoms with Crippen LogP contribution in [0.1, 0.15) is 10.4 Å². The van der Waals surface area contributed by atoms with E-state index < -0.39 is 0 Å². The van der Waals surface area contributed by atoms with Crippen LogP contribution in [0.15, 0.2) is 48.5 Å². The number of hydrogen-bond donors (Lipinski definition) is 1. The summed E-state index contributed by atoms with van der Waals surface area (Å²) in [6.07, 6.45) is 0. The van der Waals surface area contributed by atoms with Crippen molar-refractivity contribution in [2.75, 3.05) is 4.90 Å². The van der Waals surface area contributed by atoms with Crippen molar-refractivity contribution in [3.8, 4) is 0 Å². The van der Waals surface area contributed by atoms with E-state index in [1.807, 2.05) is 6.07 Å². The summed E-state index contributed by atoms with van der Waals surface area (Å²) in [6, 6.07) is 13.4. The topological polar surface area (TPSA) is 46.3 Å². The molecular weight excluding hydrogens is 315 g/mol. The maximum Gasteiger partial charge on any atom is 0.264 e. The lowest BCUT2D eigenvalue weighted by molar-refractivity contribution is 0.100. The lowest BCUT2D eigenvalue weighted by atomic mass is 10.2. The molecule has 2 rings (SSSR count). The first-order valence-electron chi connectivity index (χ1n) is 5.64. The van der Waals surface area contributed by atoms with Crippen LogP contribution < -0.4 is 10.6 Å². The van der Waals surface area contributed by atoms with Gasteiger partial charge in [0.05, 0.1) is 10.7 Å². The highest BCUT2D eigenvalue weighted by Crippen LogP contribution is 2.30. The summed E-state index contributed by atoms with van der Waals surface area (Å²) in [4.78, 5) is 13.7. The summed E-state index contributed by atoms with van der Waals surface area (Å²) in [5.74, 6) is -0.359. The molecule has 102 valence electrons. The van der Waals surface area contributed by atoms with Crippen LogP contribution in [0.3, 0.4) is 0 Å². The van der Waals surface area contributed by atoms with Crippen LogP contribution in [0.5, 0.6) is 0 Å². The zero-order valence-electron chi connectivity index (χ0n) is 10.2. The smallest absolute Gasteiger partial charge is 0.264 e. The summed E-state index contributed by atoms with van der Waals surface area (Å²) in [5.41, 5.74) is 6.48. The molecular formula is C14H10Cl2N2OS. The van der Waals surface area contributed by atoms with E-state index in [-0.39, 0.29) is 11.0 Å². The van der Waals surface area contributed by atoms with Gasteiger partial charge in [0.1, 0.15) is 0 Å². The van der Waals surface area contributed by atoms with Crippen LogP contribution in [-0.2, 0) is 0 Å². The van der Waals surface area contributed by atoms with Crippen LogP contribution in [0, 0.1) is 0 Å². The normalized spacial score (nSPS) is 10.1. The Morgan fingerprint density at radius 1 is 1.10 bits per heavy atom. The van der Waals surface area contributed by atoms with Crippen molar-refractivity contribution in [1.29, 1.82) is 0 Å². The largest absolute Gasteiger partial charge is 0.376 e. The number of halogens is 2. The highest BCUT2D eigenvalue weighted by molar-refractivity contribution is 7.80. The molecule has 20 heavy (non-hydrogen) atoms. The van der Waals surface area contributed by atoms with Crippen LogP contribution in [0.2, 0.25) is 10.0 Å². The van der Waals surface area contributed by atoms with Crippen molar-refractivity contribution in [2.24, 2.45) is 5.73 Å². The van der Waals surface area contributed by atoms with E-state index in [0.717, 1.165) is 0 Å². The summed E-state index contributed by atoms with van der Waals surface area (Å²) >= 11 is 17.0. The van der Waals surface area contributed by atoms with Gasteiger partial charge in [0.25, 0.3) is 5.91 Å². The fourth-order valence-corrected chi connectivity index (χ4v) is 2.24. The molecule has 0 saturated heterocycles. The number of nitrogens with zero attached hydrogens (tertiary/aromatic N) is 1. The number of nitrogens with two attached hydrogens (primary N) is 1. The second kappa shape index (κ2) is 6.22. The van der Waals surface area contributed by atoms with Crippen LogP contribution in [0.4, 0.5) is 5.69 Å². The van der Waals surface area contributed by atoms with Crippen LogP contribution >= 0.6 is 35.4 Å². The molecule has 0 aliphatic carbocycles. The number of anilines is 1. The molecule has 0 aliphatic rings. The molecule has 2 N–H and O–H groups in total. The van der Waals surface area contributed by atoms with E-state index in [0.29, 0.717) is 21.3 Å². The predicted molar refractivity (Wildman–Crippen MR) is 86.5 cm³/mol. The van der Waals surface area contributed by atoms with E-state index in [1.165, 1.54) is 4.90 Å². The number of amides is 1. The molecule has 0 heterocycles. The second-order valence-corrected chi connectivity index (χ2v) is 5.20. The summed E-state index contributed by atoms with van der Waals surface area (Å²) in [7, 11) is 0. The van der Waals surface area contributed by atoms with Crippen LogP contribution in [0.25, 0.3) is 0 Å². The Morgan fingerprint density at radius 3 is 2.35 bits per heavy atom. The molecule has 0 aliphatic heterocycles. The lowest BCUT2D eigenvalue weighted by Crippen LogP contribution is -2.40. The lowest BCUT2D eigenvalue weighted by Gasteiger charge is -2.22. The minimum absolute atomic E-state index is 0.0944. The minimum Gasteiger partial charge on any atom is -0.376 e. The quantitative estimate of drug-likeness (QED) is 0.852. The van der Waals surface area contributed by atoms with Crippen molar-refractivity contribution in [1.82, 2.24) is 0 Å². The number of carbonyl (C=O) groups is 1. The molecule has 0 bridgehead atoms. The average molecular weight is 325 g/mol. The van der Waals surface area contributed by atoms with E-state index in [1.54, 1.807) is 42.5 Å². The van der Waals surface area contributed by atoms with Gasteiger partial charge in [-0.15, -0.1) is 0 Å². The molecule has 3 nitrogen and oxygen atoms in total. The first-order valence-corrected chi connectivity index (χ1v) is 6.81. The highest BCUT2D eigenvalue weighted by Gasteiger charge is 2.22. The molecule has 0 atom stereocenters. The fourth-order valence-electron chi connectivity index (χ4n) is 1.70. The number of thiocarbonyl (C=S) groups is 1. The predicted octanol–water partition coefficient (Wildman–Crippen LogP) is 3.88. The zero-order valence-corrected chi connectivity index (χ0v) is 12.5. The Labute approximate surface area is 131 Å². The Hall–Kier alpha value is -1.62. The molecule has 0 radical (unpaired) electrons. The summed E-state index contributed by atoms with van der Waals surface area (Å²) in [5, 5.41) is 0.681. The molecule has 0 aromatic heterocycles. The van der Waals surface area contributed by atoms with Gasteiger partial charge in [-0.1, -0.05) is 41.4 Å². The van der Waals surface area contributed by atoms with E-state index in [2.05, 4.69) is 0 Å². The molecule has 0 unspecified atom stereocenters. The highest BCUT2D eigenvalue weighted by atomic mass is 35.5. The van der Waals surface area contributed by atoms with Crippen LogP contribution in [-0.4, -0.2) is 11.0 Å². The summed E-state index contributed by atoms with van der Waals surface area (Å²) in [6.45, 7) is 0. The third-order valence-electron chi connectivity index (χ3n) is 2.59. The standard InChI is InChI=1S/C14H10Cl2N2OS/c15-10-6-7-11(16)12(8-10)18(14(17)20)13(19)9-4-2-1-3-5-9/h1-8H,(H2,17,20). The number of carbonyl (C=O) groups excluding carboxylic acids is 1. The monoisotopic (exact) mass is 324 g/mol. The first kappa shape index (κ1) is 14.8. The van der Waals surface area contributed by atoms with Gasteiger partial charge in [-0.25, -0.2) is 0 Å². The molecule has 1 amide bonds. The fraction of sp³-hybridized carbons (Fsp3) is 0. The zero-order chi connectivity index (χ0) is 14.7. The molecule has 2 aromatic rings. The van der Waals surface area contributed by atoms with Crippen molar-refractivity contribution < 1.29 is 4.79 Å². The Bertz CT molecular complexity index is 661. The molecule has 0 spiro atoms. The Kier molecular flexibility index (Phi) is 4.60. The van der Waals surface area contributed by atoms with Gasteiger partial charge < -0.3 is 5.73 Å². The van der Waals surface area contributed by atoms with Crippen molar-refractivity contribution >= 4 is 52.1 Å². The number of rotatable bonds is 2. The van der Waals surface area contributed by atoms with Gasteiger partial charge in [-0.3, -0.25) is 9.69 Å². The van der Waals surface area contributed by atoms with Gasteiger partial charge in [0, 0.05) is 10.6 Å². The third-order valence-corrected chi connectivity index (χ3v) is 3.33. The SMILES string of the molecule is NC(=S)N(C(=O)c1ccccc1)c1cc(Cl)ccc1Cl. The maximum atomic E-state index is 12.5. The van der Waals surface area contributed by atoms with Gasteiger partial charge >= 0.3 is 0 Å². The van der Waals surface area contributed by atoms with E-state index >= 15 is 0 Å². The Balaban J connectivity index is 2.50. The molecule has 2 aromatic carbocycles. The van der Waals surface area contributed by atoms with E-state index in [9.17, 15) is 4.79 Å². The van der Waals surface area contributed by atoms with Gasteiger partial charge in [-0.2, -0.15) is 0 Å². The van der Waals surface area contributed by atoms with Crippen molar-refractivity contribution in [2.45, 2.75) is 0 Å². The first-order chi connectivity index (χ1) is 9.50. The van der Waals surface area contributed by atoms with Gasteiger partial charge in [0.2, 0.25) is 0 Å². The van der Waals surface area contributed by atoms with Crippen molar-refractivity contribution in [3.63, 3.8) is 0 Å². The molecule has 0 fully saturated rings. The average Bonchev–Trinajstić information content (AvgIpc) is 2.43. The summed E-state index contributed by atoms with van der Waals surface area (Å²) < 4.78 is 0. The van der Waals surface area contributed by atoms with Gasteiger partial charge in [0.15, 0.2) is 5.11 Å². The minimum atomic E-state index is -0.359. The van der Waals surface area contributed by atoms with Crippen molar-refractivity contribution in [3.05, 3.63) is 64.1 Å². The third kappa shape index (κ3) is 3.10. The van der Waals surface area contributed by atoms with E-state index in [4.69, 9.17) is 41.2 Å². The second-order valence-electron chi connectivity index (χ2n) is 3.94. The number of benzene rings is 2. The molecule has 6 heteroatoms. The van der Waals surface area contributed by atoms with Gasteiger partial charge in [-0.05, 0) is 42.5 Å². The molecule has 0 saturated carbocycles. The number of hydrogen-bond acceptors (Lipinski definition) is 2. The maximum absolute atomic E-state index is 12.5.